The largest absolute Gasteiger partial charge is 0.469 e. The molecule has 2 N–H and O–H groups in total. The highest BCUT2D eigenvalue weighted by atomic mass is 16.3. The zero-order valence-electron chi connectivity index (χ0n) is 14.1. The lowest BCUT2D eigenvalue weighted by Gasteiger charge is -2.59. The van der Waals surface area contributed by atoms with Gasteiger partial charge in [0.15, 0.2) is 0 Å². The zero-order chi connectivity index (χ0) is 15.9. The average molecular weight is 316 g/mol. The van der Waals surface area contributed by atoms with E-state index in [1.165, 1.54) is 37.0 Å². The number of aryl methyl sites for hydroxylation is 1. The summed E-state index contributed by atoms with van der Waals surface area (Å²) >= 11 is 0. The Morgan fingerprint density at radius 1 is 1.26 bits per heavy atom. The van der Waals surface area contributed by atoms with Crippen molar-refractivity contribution in [2.75, 3.05) is 6.61 Å². The van der Waals surface area contributed by atoms with Crippen LogP contribution in [0.25, 0.3) is 0 Å². The molecule has 0 saturated heterocycles. The number of aliphatic hydroxyl groups excluding tert-OH is 1. The van der Waals surface area contributed by atoms with Gasteiger partial charge in [0.05, 0.1) is 18.5 Å². The molecule has 4 aliphatic rings. The van der Waals surface area contributed by atoms with Gasteiger partial charge >= 0.3 is 0 Å². The Morgan fingerprint density at radius 2 is 2.13 bits per heavy atom. The Balaban J connectivity index is 1.56. The average Bonchev–Trinajstić information content (AvgIpc) is 3.09. The van der Waals surface area contributed by atoms with E-state index < -0.39 is 5.60 Å². The van der Waals surface area contributed by atoms with Gasteiger partial charge in [-0.15, -0.1) is 0 Å². The van der Waals surface area contributed by atoms with Gasteiger partial charge < -0.3 is 14.6 Å². The summed E-state index contributed by atoms with van der Waals surface area (Å²) in [7, 11) is 0. The van der Waals surface area contributed by atoms with Crippen molar-refractivity contribution in [3.05, 3.63) is 23.7 Å². The molecular weight excluding hydrogens is 288 g/mol. The van der Waals surface area contributed by atoms with E-state index in [0.29, 0.717) is 23.2 Å². The summed E-state index contributed by atoms with van der Waals surface area (Å²) in [6.45, 7) is 2.45. The molecule has 1 heterocycles. The van der Waals surface area contributed by atoms with Gasteiger partial charge in [0.25, 0.3) is 0 Å². The number of hydrogen-bond acceptors (Lipinski definition) is 3. The Hall–Kier alpha value is -0.800. The first-order valence-electron chi connectivity index (χ1n) is 9.40. The predicted molar refractivity (Wildman–Crippen MR) is 87.0 cm³/mol. The number of rotatable bonds is 1. The summed E-state index contributed by atoms with van der Waals surface area (Å²) < 4.78 is 5.72. The quantitative estimate of drug-likeness (QED) is 0.831. The molecule has 0 radical (unpaired) electrons. The van der Waals surface area contributed by atoms with Gasteiger partial charge in [-0.1, -0.05) is 6.92 Å². The van der Waals surface area contributed by atoms with Crippen LogP contribution in [0.15, 0.2) is 16.7 Å². The lowest BCUT2D eigenvalue weighted by molar-refractivity contribution is -0.0727. The van der Waals surface area contributed by atoms with Crippen molar-refractivity contribution in [2.45, 2.75) is 69.8 Å². The smallest absolute Gasteiger partial charge is 0.107 e. The summed E-state index contributed by atoms with van der Waals surface area (Å²) in [5.41, 5.74) is 1.26. The second-order valence-corrected chi connectivity index (χ2v) is 9.23. The molecule has 0 aromatic carbocycles. The highest BCUT2D eigenvalue weighted by Gasteiger charge is 2.65. The van der Waals surface area contributed by atoms with E-state index in [1.54, 1.807) is 0 Å². The van der Waals surface area contributed by atoms with Gasteiger partial charge in [-0.3, -0.25) is 0 Å². The third-order valence-corrected chi connectivity index (χ3v) is 8.46. The molecule has 3 fully saturated rings. The van der Waals surface area contributed by atoms with Gasteiger partial charge in [-0.2, -0.15) is 0 Å². The maximum absolute atomic E-state index is 10.9. The Morgan fingerprint density at radius 3 is 2.96 bits per heavy atom. The molecule has 126 valence electrons. The van der Waals surface area contributed by atoms with Gasteiger partial charge in [0.2, 0.25) is 0 Å². The van der Waals surface area contributed by atoms with Crippen molar-refractivity contribution in [1.82, 2.24) is 0 Å². The molecule has 3 unspecified atom stereocenters. The molecule has 3 heteroatoms. The molecule has 1 aromatic rings. The molecule has 0 amide bonds. The summed E-state index contributed by atoms with van der Waals surface area (Å²) in [5, 5.41) is 20.7. The minimum atomic E-state index is -0.812. The van der Waals surface area contributed by atoms with Crippen LogP contribution in [0.2, 0.25) is 0 Å². The Bertz CT molecular complexity index is 637. The van der Waals surface area contributed by atoms with Crippen LogP contribution in [-0.4, -0.2) is 22.4 Å². The first-order chi connectivity index (χ1) is 11.0. The minimum Gasteiger partial charge on any atom is -0.469 e. The third-order valence-electron chi connectivity index (χ3n) is 8.46. The van der Waals surface area contributed by atoms with Crippen LogP contribution in [0.3, 0.4) is 0 Å². The fraction of sp³-hybridized carbons (Fsp3) is 0.800. The molecule has 1 spiro atoms. The van der Waals surface area contributed by atoms with E-state index in [2.05, 4.69) is 13.0 Å². The molecule has 3 saturated carbocycles. The maximum atomic E-state index is 10.9. The van der Waals surface area contributed by atoms with Crippen LogP contribution in [-0.2, 0) is 6.42 Å². The molecule has 5 rings (SSSR count). The van der Waals surface area contributed by atoms with Crippen molar-refractivity contribution >= 4 is 0 Å². The predicted octanol–water partition coefficient (Wildman–Crippen LogP) is 3.64. The molecular formula is C20H28O3. The first kappa shape index (κ1) is 14.5. The lowest BCUT2D eigenvalue weighted by atomic mass is 9.45. The molecule has 6 atom stereocenters. The van der Waals surface area contributed by atoms with Gasteiger partial charge in [0, 0.05) is 6.42 Å². The van der Waals surface area contributed by atoms with E-state index in [0.717, 1.165) is 25.7 Å². The van der Waals surface area contributed by atoms with Crippen molar-refractivity contribution in [1.29, 1.82) is 0 Å². The van der Waals surface area contributed by atoms with E-state index in [1.807, 2.05) is 6.26 Å². The Labute approximate surface area is 138 Å². The number of fused-ring (bicyclic) bond motifs is 5. The molecule has 1 aromatic heterocycles. The highest BCUT2D eigenvalue weighted by molar-refractivity contribution is 5.31. The molecule has 23 heavy (non-hydrogen) atoms. The molecule has 0 aliphatic heterocycles. The Kier molecular flexibility index (Phi) is 2.80. The fourth-order valence-corrected chi connectivity index (χ4v) is 7.51. The van der Waals surface area contributed by atoms with E-state index in [4.69, 9.17) is 4.42 Å². The van der Waals surface area contributed by atoms with E-state index >= 15 is 0 Å². The minimum absolute atomic E-state index is 0.0574. The summed E-state index contributed by atoms with van der Waals surface area (Å²) in [5.74, 6) is 2.85. The fourth-order valence-electron chi connectivity index (χ4n) is 7.51. The lowest BCUT2D eigenvalue weighted by Crippen LogP contribution is -2.51. The molecule has 4 aliphatic carbocycles. The third kappa shape index (κ3) is 1.68. The second kappa shape index (κ2) is 4.43. The van der Waals surface area contributed by atoms with Crippen LogP contribution < -0.4 is 0 Å². The first-order valence-corrected chi connectivity index (χ1v) is 9.40. The SMILES string of the molecule is C[C@@]12CCc3occc3C1CC[C@@]13CC(CCC12)[C@@](O)(CO)C3. The van der Waals surface area contributed by atoms with Gasteiger partial charge in [-0.05, 0) is 85.2 Å². The monoisotopic (exact) mass is 316 g/mol. The summed E-state index contributed by atoms with van der Waals surface area (Å²) in [6, 6.07) is 2.21. The van der Waals surface area contributed by atoms with Crippen molar-refractivity contribution in [2.24, 2.45) is 22.7 Å². The normalized spacial score (nSPS) is 51.0. The standard InChI is InChI=1S/C20H28O3/c1-18-7-5-16-14(6-9-23-16)15(18)4-8-19-10-13(2-3-17(18)19)20(22,11-19)12-21/h6,9,13,15,17,21-22H,2-5,7-8,10-12H2,1H3/t13?,15?,17?,18-,19+,20+/m1/s1. The number of aliphatic hydroxyl groups is 2. The maximum Gasteiger partial charge on any atom is 0.107 e. The van der Waals surface area contributed by atoms with Crippen LogP contribution in [0.5, 0.6) is 0 Å². The highest BCUT2D eigenvalue weighted by Crippen LogP contribution is 2.71. The van der Waals surface area contributed by atoms with Crippen LogP contribution in [0, 0.1) is 22.7 Å². The molecule has 3 nitrogen and oxygen atoms in total. The van der Waals surface area contributed by atoms with Crippen molar-refractivity contribution < 1.29 is 14.6 Å². The van der Waals surface area contributed by atoms with E-state index in [9.17, 15) is 10.2 Å². The van der Waals surface area contributed by atoms with Crippen molar-refractivity contribution in [3.63, 3.8) is 0 Å². The van der Waals surface area contributed by atoms with Crippen molar-refractivity contribution in [3.8, 4) is 0 Å². The summed E-state index contributed by atoms with van der Waals surface area (Å²) in [6.07, 6.45) is 10.9. The number of furan rings is 1. The zero-order valence-corrected chi connectivity index (χ0v) is 14.1. The number of hydrogen-bond donors (Lipinski definition) is 2. The second-order valence-electron chi connectivity index (χ2n) is 9.23. The van der Waals surface area contributed by atoms with Crippen LogP contribution in [0.1, 0.15) is 69.1 Å². The van der Waals surface area contributed by atoms with Gasteiger partial charge in [-0.25, -0.2) is 0 Å². The molecule has 2 bridgehead atoms. The van der Waals surface area contributed by atoms with Crippen LogP contribution >= 0.6 is 0 Å². The van der Waals surface area contributed by atoms with Crippen LogP contribution in [0.4, 0.5) is 0 Å². The topological polar surface area (TPSA) is 53.6 Å². The van der Waals surface area contributed by atoms with E-state index in [-0.39, 0.29) is 12.0 Å². The summed E-state index contributed by atoms with van der Waals surface area (Å²) in [4.78, 5) is 0. The van der Waals surface area contributed by atoms with Gasteiger partial charge in [0.1, 0.15) is 5.76 Å².